The third-order valence-electron chi connectivity index (χ3n) is 4.32. The van der Waals surface area contributed by atoms with Gasteiger partial charge in [0.15, 0.2) is 11.5 Å². The van der Waals surface area contributed by atoms with Crippen LogP contribution in [0.2, 0.25) is 0 Å². The van der Waals surface area contributed by atoms with Gasteiger partial charge in [0.05, 0.1) is 5.39 Å². The van der Waals surface area contributed by atoms with Crippen LogP contribution in [0.4, 0.5) is 0 Å². The van der Waals surface area contributed by atoms with Gasteiger partial charge in [-0.25, -0.2) is 9.78 Å². The van der Waals surface area contributed by atoms with Gasteiger partial charge in [-0.2, -0.15) is 4.52 Å². The van der Waals surface area contributed by atoms with Crippen LogP contribution < -0.4 is 10.4 Å². The molecule has 6 nitrogen and oxygen atoms in total. The molecule has 0 unspecified atom stereocenters. The number of hydrogen-bond donors (Lipinski definition) is 1. The van der Waals surface area contributed by atoms with Crippen molar-refractivity contribution in [2.75, 3.05) is 0 Å². The number of H-pyrrole nitrogens is 1. The summed E-state index contributed by atoms with van der Waals surface area (Å²) in [6, 6.07) is 9.52. The van der Waals surface area contributed by atoms with E-state index in [0.717, 1.165) is 28.8 Å². The van der Waals surface area contributed by atoms with Gasteiger partial charge in [-0.1, -0.05) is 18.2 Å². The first-order chi connectivity index (χ1) is 11.8. The summed E-state index contributed by atoms with van der Waals surface area (Å²) in [7, 11) is 0. The van der Waals surface area contributed by atoms with E-state index >= 15 is 0 Å². The van der Waals surface area contributed by atoms with Gasteiger partial charge in [0.1, 0.15) is 17.2 Å². The summed E-state index contributed by atoms with van der Waals surface area (Å²) in [6.45, 7) is 0.235. The number of thiophene rings is 1. The van der Waals surface area contributed by atoms with Crippen LogP contribution >= 0.6 is 11.3 Å². The third-order valence-corrected chi connectivity index (χ3v) is 5.53. The zero-order chi connectivity index (χ0) is 16.1. The average Bonchev–Trinajstić information content (AvgIpc) is 3.27. The largest absolute Gasteiger partial charge is 0.486 e. The number of fused-ring (bicyclic) bond motifs is 5. The number of nitrogens with one attached hydrogen (secondary N) is 1. The highest BCUT2D eigenvalue weighted by Crippen LogP contribution is 2.37. The Morgan fingerprint density at radius 3 is 3.00 bits per heavy atom. The van der Waals surface area contributed by atoms with E-state index in [0.29, 0.717) is 11.5 Å². The molecule has 0 saturated heterocycles. The summed E-state index contributed by atoms with van der Waals surface area (Å²) < 4.78 is 7.06. The molecule has 0 saturated carbocycles. The molecule has 7 heteroatoms. The topological polar surface area (TPSA) is 72.3 Å². The fourth-order valence-corrected chi connectivity index (χ4v) is 4.54. The van der Waals surface area contributed by atoms with E-state index < -0.39 is 0 Å². The summed E-state index contributed by atoms with van der Waals surface area (Å²) in [5.41, 5.74) is 1.70. The summed E-state index contributed by atoms with van der Waals surface area (Å²) in [5, 5.41) is 5.37. The van der Waals surface area contributed by atoms with Gasteiger partial charge in [-0.3, -0.25) is 4.98 Å². The second-order valence-electron chi connectivity index (χ2n) is 5.86. The number of rotatable bonds is 3. The average molecular weight is 338 g/mol. The molecule has 3 heterocycles. The van der Waals surface area contributed by atoms with Crippen molar-refractivity contribution in [2.45, 2.75) is 25.9 Å². The number of ether oxygens (including phenoxy) is 1. The van der Waals surface area contributed by atoms with Gasteiger partial charge in [-0.05, 0) is 37.0 Å². The number of aryl methyl sites for hydroxylation is 2. The predicted molar refractivity (Wildman–Crippen MR) is 91.8 cm³/mol. The van der Waals surface area contributed by atoms with Gasteiger partial charge >= 0.3 is 5.69 Å². The maximum atomic E-state index is 12.3. The first kappa shape index (κ1) is 13.7. The predicted octanol–water partition coefficient (Wildman–Crippen LogP) is 2.70. The van der Waals surface area contributed by atoms with Gasteiger partial charge in [0.2, 0.25) is 0 Å². The van der Waals surface area contributed by atoms with Crippen LogP contribution in [0.25, 0.3) is 15.9 Å². The Morgan fingerprint density at radius 1 is 1.25 bits per heavy atom. The van der Waals surface area contributed by atoms with E-state index in [1.165, 1.54) is 21.4 Å². The Balaban J connectivity index is 1.61. The van der Waals surface area contributed by atoms with E-state index in [9.17, 15) is 4.79 Å². The lowest BCUT2D eigenvalue weighted by Crippen LogP contribution is -2.17. The minimum Gasteiger partial charge on any atom is -0.486 e. The van der Waals surface area contributed by atoms with Crippen molar-refractivity contribution in [3.8, 4) is 5.75 Å². The molecule has 24 heavy (non-hydrogen) atoms. The number of aromatic nitrogens is 4. The number of benzene rings is 1. The summed E-state index contributed by atoms with van der Waals surface area (Å²) >= 11 is 1.67. The fraction of sp³-hybridized carbons (Fsp3) is 0.235. The van der Waals surface area contributed by atoms with E-state index in [2.05, 4.69) is 15.1 Å². The second-order valence-corrected chi connectivity index (χ2v) is 6.96. The first-order valence-corrected chi connectivity index (χ1v) is 8.71. The van der Waals surface area contributed by atoms with Crippen molar-refractivity contribution >= 4 is 27.2 Å². The molecular formula is C17H14N4O2S. The standard InChI is InChI=1S/C17H14N4O2S/c22-17-19-16-14(11-7-4-8-12(11)24-16)15-18-13(20-21(15)17)9-23-10-5-2-1-3-6-10/h1-3,5-6H,4,7-9H2,(H,19,22). The van der Waals surface area contributed by atoms with Crippen molar-refractivity contribution < 1.29 is 4.74 Å². The monoisotopic (exact) mass is 338 g/mol. The maximum Gasteiger partial charge on any atom is 0.349 e. The Bertz CT molecular complexity index is 1110. The van der Waals surface area contributed by atoms with Crippen molar-refractivity contribution in [3.63, 3.8) is 0 Å². The molecule has 0 spiro atoms. The Kier molecular flexibility index (Phi) is 2.96. The van der Waals surface area contributed by atoms with E-state index in [4.69, 9.17) is 4.74 Å². The third kappa shape index (κ3) is 2.05. The van der Waals surface area contributed by atoms with Crippen LogP contribution in [0.3, 0.4) is 0 Å². The number of aromatic amines is 1. The Morgan fingerprint density at radius 2 is 2.12 bits per heavy atom. The quantitative estimate of drug-likeness (QED) is 0.623. The molecular weight excluding hydrogens is 324 g/mol. The molecule has 0 fully saturated rings. The maximum absolute atomic E-state index is 12.3. The summed E-state index contributed by atoms with van der Waals surface area (Å²) in [4.78, 5) is 22.1. The molecule has 4 aromatic rings. The number of hydrogen-bond acceptors (Lipinski definition) is 5. The summed E-state index contributed by atoms with van der Waals surface area (Å²) in [5.74, 6) is 1.27. The van der Waals surface area contributed by atoms with Gasteiger partial charge < -0.3 is 4.74 Å². The van der Waals surface area contributed by atoms with E-state index in [1.54, 1.807) is 11.3 Å². The molecule has 0 amide bonds. The molecule has 1 aliphatic rings. The molecule has 0 aliphatic heterocycles. The van der Waals surface area contributed by atoms with Crippen LogP contribution in [0, 0.1) is 0 Å². The van der Waals surface area contributed by atoms with Crippen LogP contribution in [-0.4, -0.2) is 19.6 Å². The lowest BCUT2D eigenvalue weighted by atomic mass is 10.2. The van der Waals surface area contributed by atoms with Crippen LogP contribution in [0.1, 0.15) is 22.7 Å². The minimum absolute atomic E-state index is 0.235. The van der Waals surface area contributed by atoms with Crippen LogP contribution in [0.5, 0.6) is 5.75 Å². The van der Waals surface area contributed by atoms with Crippen LogP contribution in [0.15, 0.2) is 35.1 Å². The number of para-hydroxylation sites is 1. The highest BCUT2D eigenvalue weighted by atomic mass is 32.1. The lowest BCUT2D eigenvalue weighted by Gasteiger charge is -2.01. The smallest absolute Gasteiger partial charge is 0.349 e. The minimum atomic E-state index is -0.254. The molecule has 0 atom stereocenters. The highest BCUT2D eigenvalue weighted by Gasteiger charge is 2.22. The zero-order valence-electron chi connectivity index (χ0n) is 12.8. The lowest BCUT2D eigenvalue weighted by molar-refractivity contribution is 0.296. The van der Waals surface area contributed by atoms with Crippen molar-refractivity contribution in [3.05, 3.63) is 57.1 Å². The molecule has 1 N–H and O–H groups in total. The van der Waals surface area contributed by atoms with Gasteiger partial charge in [-0.15, -0.1) is 16.4 Å². The fourth-order valence-electron chi connectivity index (χ4n) is 3.26. The summed E-state index contributed by atoms with van der Waals surface area (Å²) in [6.07, 6.45) is 3.29. The molecule has 0 radical (unpaired) electrons. The normalized spacial score (nSPS) is 13.7. The van der Waals surface area contributed by atoms with Crippen molar-refractivity contribution in [1.29, 1.82) is 0 Å². The Hall–Kier alpha value is -2.67. The molecule has 1 aliphatic carbocycles. The first-order valence-electron chi connectivity index (χ1n) is 7.89. The molecule has 3 aromatic heterocycles. The Labute approximate surface area is 140 Å². The van der Waals surface area contributed by atoms with Gasteiger partial charge in [0.25, 0.3) is 0 Å². The van der Waals surface area contributed by atoms with Crippen LogP contribution in [-0.2, 0) is 19.4 Å². The molecule has 0 bridgehead atoms. The van der Waals surface area contributed by atoms with E-state index in [-0.39, 0.29) is 12.3 Å². The van der Waals surface area contributed by atoms with Crippen molar-refractivity contribution in [2.24, 2.45) is 0 Å². The SMILES string of the molecule is O=c1[nH]c2sc3c(c2c2nc(COc4ccccc4)nn12)CCC3. The molecule has 1 aromatic carbocycles. The molecule has 120 valence electrons. The zero-order valence-corrected chi connectivity index (χ0v) is 13.6. The van der Waals surface area contributed by atoms with Crippen molar-refractivity contribution in [1.82, 2.24) is 19.6 Å². The van der Waals surface area contributed by atoms with Gasteiger partial charge in [0, 0.05) is 4.88 Å². The molecule has 5 rings (SSSR count). The highest BCUT2D eigenvalue weighted by molar-refractivity contribution is 7.19. The second kappa shape index (κ2) is 5.17. The number of nitrogens with zero attached hydrogens (tertiary/aromatic N) is 3. The van der Waals surface area contributed by atoms with E-state index in [1.807, 2.05) is 30.3 Å².